The van der Waals surface area contributed by atoms with E-state index in [9.17, 15) is 4.79 Å². The van der Waals surface area contributed by atoms with Gasteiger partial charge < -0.3 is 10.6 Å². The number of carbonyl (C=O) groups excluding carboxylic acids is 1. The zero-order valence-electron chi connectivity index (χ0n) is 14.3. The van der Waals surface area contributed by atoms with Crippen molar-refractivity contribution < 1.29 is 4.79 Å². The largest absolute Gasteiger partial charge is 0.358 e. The Balaban J connectivity index is 2.49. The minimum Gasteiger partial charge on any atom is -0.358 e. The Labute approximate surface area is 125 Å². The summed E-state index contributed by atoms with van der Waals surface area (Å²) in [6.07, 6.45) is 5.88. The van der Waals surface area contributed by atoms with Gasteiger partial charge in [-0.25, -0.2) is 0 Å². The predicted molar refractivity (Wildman–Crippen MR) is 85.6 cm³/mol. The molecule has 0 aromatic heterocycles. The van der Waals surface area contributed by atoms with E-state index in [-0.39, 0.29) is 11.9 Å². The number of likely N-dealkylation sites (N-methyl/N-ethyl adjacent to an activating group) is 1. The van der Waals surface area contributed by atoms with Crippen LogP contribution in [-0.2, 0) is 4.79 Å². The number of rotatable bonds is 5. The molecule has 1 atom stereocenters. The highest BCUT2D eigenvalue weighted by Crippen LogP contribution is 2.37. The summed E-state index contributed by atoms with van der Waals surface area (Å²) in [5.74, 6) is 1.50. The molecule has 2 N–H and O–H groups in total. The topological polar surface area (TPSA) is 41.1 Å². The van der Waals surface area contributed by atoms with Crippen LogP contribution in [0.3, 0.4) is 0 Å². The number of hydrogen-bond donors (Lipinski definition) is 2. The molecule has 0 heterocycles. The van der Waals surface area contributed by atoms with Crippen LogP contribution in [-0.4, -0.2) is 25.0 Å². The Hall–Kier alpha value is -0.570. The molecule has 0 aromatic rings. The third-order valence-corrected chi connectivity index (χ3v) is 4.66. The Bertz CT molecular complexity index is 299. The molecule has 0 saturated heterocycles. The van der Waals surface area contributed by atoms with Crippen molar-refractivity contribution in [2.45, 2.75) is 78.8 Å². The van der Waals surface area contributed by atoms with Crippen molar-refractivity contribution in [2.75, 3.05) is 7.05 Å². The minimum atomic E-state index is -0.0313. The van der Waals surface area contributed by atoms with E-state index in [0.717, 1.165) is 12.3 Å². The van der Waals surface area contributed by atoms with Crippen LogP contribution in [0.15, 0.2) is 0 Å². The monoisotopic (exact) mass is 282 g/mol. The van der Waals surface area contributed by atoms with Crippen LogP contribution in [0.2, 0.25) is 0 Å². The second-order valence-corrected chi connectivity index (χ2v) is 7.88. The van der Waals surface area contributed by atoms with Crippen molar-refractivity contribution in [3.8, 4) is 0 Å². The summed E-state index contributed by atoms with van der Waals surface area (Å²) in [5.41, 5.74) is 0.420. The van der Waals surface area contributed by atoms with Gasteiger partial charge in [-0.15, -0.1) is 0 Å². The third-order valence-electron chi connectivity index (χ3n) is 4.66. The van der Waals surface area contributed by atoms with Gasteiger partial charge in [-0.1, -0.05) is 34.6 Å². The molecule has 0 aliphatic heterocycles. The molecular formula is C17H34N2O. The van der Waals surface area contributed by atoms with Crippen LogP contribution in [0.5, 0.6) is 0 Å². The summed E-state index contributed by atoms with van der Waals surface area (Å²) in [7, 11) is 1.73. The lowest BCUT2D eigenvalue weighted by Crippen LogP contribution is -2.49. The van der Waals surface area contributed by atoms with Gasteiger partial charge >= 0.3 is 0 Å². The van der Waals surface area contributed by atoms with Gasteiger partial charge in [0.05, 0.1) is 6.04 Å². The van der Waals surface area contributed by atoms with Crippen molar-refractivity contribution >= 4 is 5.91 Å². The van der Waals surface area contributed by atoms with Crippen LogP contribution in [0.1, 0.15) is 66.7 Å². The molecule has 0 bridgehead atoms. The van der Waals surface area contributed by atoms with E-state index in [1.165, 1.54) is 25.7 Å². The minimum absolute atomic E-state index is 0.0313. The second kappa shape index (κ2) is 7.44. The van der Waals surface area contributed by atoms with Crippen molar-refractivity contribution in [2.24, 2.45) is 17.3 Å². The normalized spacial score (nSPS) is 25.6. The molecule has 1 saturated carbocycles. The molecular weight excluding hydrogens is 248 g/mol. The third kappa shape index (κ3) is 5.43. The highest BCUT2D eigenvalue weighted by Gasteiger charge is 2.31. The van der Waals surface area contributed by atoms with E-state index in [0.29, 0.717) is 17.4 Å². The first kappa shape index (κ1) is 17.5. The van der Waals surface area contributed by atoms with Gasteiger partial charge in [0.15, 0.2) is 0 Å². The van der Waals surface area contributed by atoms with Gasteiger partial charge in [-0.3, -0.25) is 4.79 Å². The Morgan fingerprint density at radius 2 is 1.70 bits per heavy atom. The van der Waals surface area contributed by atoms with Crippen LogP contribution in [0.4, 0.5) is 0 Å². The fraction of sp³-hybridized carbons (Fsp3) is 0.941. The van der Waals surface area contributed by atoms with Crippen LogP contribution >= 0.6 is 0 Å². The molecule has 3 nitrogen and oxygen atoms in total. The first-order chi connectivity index (χ1) is 9.24. The van der Waals surface area contributed by atoms with Gasteiger partial charge in [-0.05, 0) is 49.4 Å². The molecule has 0 spiro atoms. The molecule has 1 aliphatic rings. The van der Waals surface area contributed by atoms with Crippen molar-refractivity contribution in [3.05, 3.63) is 0 Å². The zero-order valence-corrected chi connectivity index (χ0v) is 14.3. The van der Waals surface area contributed by atoms with E-state index in [1.807, 2.05) is 0 Å². The zero-order chi connectivity index (χ0) is 15.3. The molecule has 1 aliphatic carbocycles. The average Bonchev–Trinajstić information content (AvgIpc) is 2.36. The van der Waals surface area contributed by atoms with E-state index in [4.69, 9.17) is 0 Å². The molecule has 0 radical (unpaired) electrons. The lowest BCUT2D eigenvalue weighted by atomic mass is 9.71. The molecule has 1 unspecified atom stereocenters. The number of hydrogen-bond acceptors (Lipinski definition) is 2. The highest BCUT2D eigenvalue weighted by molar-refractivity contribution is 5.81. The van der Waals surface area contributed by atoms with E-state index >= 15 is 0 Å². The van der Waals surface area contributed by atoms with Gasteiger partial charge in [0, 0.05) is 13.1 Å². The first-order valence-corrected chi connectivity index (χ1v) is 8.21. The van der Waals surface area contributed by atoms with Crippen LogP contribution in [0, 0.1) is 17.3 Å². The Kier molecular flexibility index (Phi) is 6.50. The van der Waals surface area contributed by atoms with Crippen LogP contribution < -0.4 is 10.6 Å². The number of carbonyl (C=O) groups is 1. The molecule has 20 heavy (non-hydrogen) atoms. The maximum absolute atomic E-state index is 12.0. The van der Waals surface area contributed by atoms with Gasteiger partial charge in [0.2, 0.25) is 5.91 Å². The summed E-state index contributed by atoms with van der Waals surface area (Å²) in [4.78, 5) is 12.0. The van der Waals surface area contributed by atoms with Crippen LogP contribution in [0.25, 0.3) is 0 Å². The maximum atomic E-state index is 12.0. The van der Waals surface area contributed by atoms with E-state index in [1.54, 1.807) is 7.05 Å². The SMILES string of the molecule is CNC(=O)C(CC(C)C)NC1CCC(C(C)(C)C)CC1. The van der Waals surface area contributed by atoms with Gasteiger partial charge in [0.1, 0.15) is 0 Å². The van der Waals surface area contributed by atoms with Gasteiger partial charge in [0.25, 0.3) is 0 Å². The smallest absolute Gasteiger partial charge is 0.236 e. The lowest BCUT2D eigenvalue weighted by Gasteiger charge is -2.38. The summed E-state index contributed by atoms with van der Waals surface area (Å²) >= 11 is 0. The van der Waals surface area contributed by atoms with Crippen molar-refractivity contribution in [1.82, 2.24) is 10.6 Å². The highest BCUT2D eigenvalue weighted by atomic mass is 16.2. The Morgan fingerprint density at radius 3 is 2.10 bits per heavy atom. The molecule has 3 heteroatoms. The number of amides is 1. The van der Waals surface area contributed by atoms with E-state index in [2.05, 4.69) is 45.3 Å². The predicted octanol–water partition coefficient (Wildman–Crippen LogP) is 3.34. The first-order valence-electron chi connectivity index (χ1n) is 8.21. The summed E-state index contributed by atoms with van der Waals surface area (Å²) in [6, 6.07) is 0.478. The molecule has 1 rings (SSSR count). The second-order valence-electron chi connectivity index (χ2n) is 7.88. The fourth-order valence-corrected chi connectivity index (χ4v) is 3.31. The quantitative estimate of drug-likeness (QED) is 0.812. The summed E-state index contributed by atoms with van der Waals surface area (Å²) in [6.45, 7) is 11.4. The Morgan fingerprint density at radius 1 is 1.15 bits per heavy atom. The molecule has 1 amide bonds. The number of nitrogens with one attached hydrogen (secondary N) is 2. The van der Waals surface area contributed by atoms with Crippen molar-refractivity contribution in [3.63, 3.8) is 0 Å². The average molecular weight is 282 g/mol. The lowest BCUT2D eigenvalue weighted by molar-refractivity contribution is -0.123. The molecule has 118 valence electrons. The maximum Gasteiger partial charge on any atom is 0.236 e. The summed E-state index contributed by atoms with van der Waals surface area (Å²) in [5, 5.41) is 6.39. The summed E-state index contributed by atoms with van der Waals surface area (Å²) < 4.78 is 0. The van der Waals surface area contributed by atoms with Crippen molar-refractivity contribution in [1.29, 1.82) is 0 Å². The molecule has 0 aromatic carbocycles. The molecule has 1 fully saturated rings. The van der Waals surface area contributed by atoms with E-state index < -0.39 is 0 Å². The standard InChI is InChI=1S/C17H34N2O/c1-12(2)11-15(16(20)18-6)19-14-9-7-13(8-10-14)17(3,4)5/h12-15,19H,7-11H2,1-6H3,(H,18,20). The fourth-order valence-electron chi connectivity index (χ4n) is 3.31. The van der Waals surface area contributed by atoms with Gasteiger partial charge in [-0.2, -0.15) is 0 Å².